The van der Waals surface area contributed by atoms with Crippen LogP contribution in [0.15, 0.2) is 0 Å². The standard InChI is InChI=1S/C10H19NO4S/c11-10-7-4-2-1-3-6(7)9(5-8(10)12)16(13,14)15/h6-10,12H,1-5,11H2,(H,13,14,15). The maximum absolute atomic E-state index is 11.3. The van der Waals surface area contributed by atoms with Crippen LogP contribution in [0.2, 0.25) is 0 Å². The molecular weight excluding hydrogens is 230 g/mol. The molecule has 2 saturated carbocycles. The summed E-state index contributed by atoms with van der Waals surface area (Å²) in [4.78, 5) is 0. The fraction of sp³-hybridized carbons (Fsp3) is 1.00. The Labute approximate surface area is 95.8 Å². The van der Waals surface area contributed by atoms with Gasteiger partial charge in [0.1, 0.15) is 0 Å². The minimum Gasteiger partial charge on any atom is -0.391 e. The molecule has 0 saturated heterocycles. The smallest absolute Gasteiger partial charge is 0.268 e. The highest BCUT2D eigenvalue weighted by atomic mass is 32.2. The Morgan fingerprint density at radius 2 is 1.69 bits per heavy atom. The Morgan fingerprint density at radius 3 is 2.25 bits per heavy atom. The Morgan fingerprint density at radius 1 is 1.12 bits per heavy atom. The van der Waals surface area contributed by atoms with Crippen molar-refractivity contribution in [2.75, 3.05) is 0 Å². The molecule has 94 valence electrons. The van der Waals surface area contributed by atoms with Crippen molar-refractivity contribution in [2.45, 2.75) is 49.5 Å². The molecule has 6 heteroatoms. The van der Waals surface area contributed by atoms with Gasteiger partial charge >= 0.3 is 0 Å². The summed E-state index contributed by atoms with van der Waals surface area (Å²) in [5, 5.41) is 8.92. The van der Waals surface area contributed by atoms with Gasteiger partial charge in [-0.25, -0.2) is 0 Å². The van der Waals surface area contributed by atoms with Gasteiger partial charge in [0.2, 0.25) is 0 Å². The molecule has 0 amide bonds. The molecule has 16 heavy (non-hydrogen) atoms. The van der Waals surface area contributed by atoms with Crippen molar-refractivity contribution in [1.29, 1.82) is 0 Å². The van der Waals surface area contributed by atoms with Crippen molar-refractivity contribution < 1.29 is 18.1 Å². The maximum atomic E-state index is 11.3. The first-order chi connectivity index (χ1) is 7.41. The van der Waals surface area contributed by atoms with E-state index in [0.29, 0.717) is 0 Å². The molecule has 2 rings (SSSR count). The van der Waals surface area contributed by atoms with Gasteiger partial charge in [0.15, 0.2) is 0 Å². The lowest BCUT2D eigenvalue weighted by Crippen LogP contribution is -2.56. The summed E-state index contributed by atoms with van der Waals surface area (Å²) in [6, 6.07) is -0.344. The number of hydrogen-bond donors (Lipinski definition) is 3. The number of aliphatic hydroxyl groups is 1. The van der Waals surface area contributed by atoms with E-state index >= 15 is 0 Å². The molecule has 0 aromatic heterocycles. The van der Waals surface area contributed by atoms with Gasteiger partial charge in [0.05, 0.1) is 11.4 Å². The maximum Gasteiger partial charge on any atom is 0.268 e. The van der Waals surface area contributed by atoms with Crippen LogP contribution in [-0.2, 0) is 10.1 Å². The minimum absolute atomic E-state index is 0.0319. The van der Waals surface area contributed by atoms with Crippen molar-refractivity contribution in [3.05, 3.63) is 0 Å². The van der Waals surface area contributed by atoms with E-state index in [0.717, 1.165) is 25.7 Å². The van der Waals surface area contributed by atoms with E-state index in [1.165, 1.54) is 0 Å². The molecule has 0 heterocycles. The van der Waals surface area contributed by atoms with Crippen molar-refractivity contribution in [1.82, 2.24) is 0 Å². The average Bonchev–Trinajstić information content (AvgIpc) is 2.22. The highest BCUT2D eigenvalue weighted by Gasteiger charge is 2.47. The molecule has 5 atom stereocenters. The minimum atomic E-state index is -4.07. The molecule has 0 aliphatic heterocycles. The van der Waals surface area contributed by atoms with Crippen molar-refractivity contribution >= 4 is 10.1 Å². The van der Waals surface area contributed by atoms with E-state index in [-0.39, 0.29) is 24.3 Å². The van der Waals surface area contributed by atoms with Gasteiger partial charge in [-0.1, -0.05) is 12.8 Å². The van der Waals surface area contributed by atoms with Crippen LogP contribution in [0.1, 0.15) is 32.1 Å². The molecule has 0 spiro atoms. The molecule has 0 bridgehead atoms. The van der Waals surface area contributed by atoms with Crippen LogP contribution < -0.4 is 5.73 Å². The zero-order chi connectivity index (χ0) is 11.9. The van der Waals surface area contributed by atoms with Gasteiger partial charge in [-0.05, 0) is 31.1 Å². The van der Waals surface area contributed by atoms with E-state index in [1.807, 2.05) is 0 Å². The van der Waals surface area contributed by atoms with Crippen LogP contribution in [0.4, 0.5) is 0 Å². The van der Waals surface area contributed by atoms with Crippen LogP contribution in [0.5, 0.6) is 0 Å². The number of fused-ring (bicyclic) bond motifs is 1. The Balaban J connectivity index is 2.27. The van der Waals surface area contributed by atoms with E-state index in [4.69, 9.17) is 5.73 Å². The van der Waals surface area contributed by atoms with Crippen LogP contribution in [0, 0.1) is 11.8 Å². The van der Waals surface area contributed by atoms with Gasteiger partial charge < -0.3 is 10.8 Å². The molecule has 0 aromatic carbocycles. The summed E-state index contributed by atoms with van der Waals surface area (Å²) in [7, 11) is -4.07. The molecule has 2 aliphatic rings. The lowest BCUT2D eigenvalue weighted by atomic mass is 9.67. The molecule has 2 aliphatic carbocycles. The Hall–Kier alpha value is -0.170. The highest BCUT2D eigenvalue weighted by molar-refractivity contribution is 7.86. The van der Waals surface area contributed by atoms with Gasteiger partial charge in [0.25, 0.3) is 10.1 Å². The quantitative estimate of drug-likeness (QED) is 0.574. The molecule has 5 nitrogen and oxygen atoms in total. The second-order valence-corrected chi connectivity index (χ2v) is 6.68. The molecule has 5 unspecified atom stereocenters. The summed E-state index contributed by atoms with van der Waals surface area (Å²) in [5.41, 5.74) is 5.91. The number of rotatable bonds is 1. The Kier molecular flexibility index (Phi) is 3.27. The number of nitrogens with two attached hydrogens (primary N) is 1. The zero-order valence-electron chi connectivity index (χ0n) is 9.12. The first-order valence-corrected chi connectivity index (χ1v) is 7.31. The molecule has 0 aromatic rings. The third kappa shape index (κ3) is 2.11. The van der Waals surface area contributed by atoms with Crippen molar-refractivity contribution in [3.63, 3.8) is 0 Å². The van der Waals surface area contributed by atoms with Gasteiger partial charge in [0, 0.05) is 6.04 Å². The van der Waals surface area contributed by atoms with E-state index in [9.17, 15) is 18.1 Å². The van der Waals surface area contributed by atoms with E-state index in [2.05, 4.69) is 0 Å². The Bertz CT molecular complexity index is 356. The van der Waals surface area contributed by atoms with Crippen LogP contribution in [0.3, 0.4) is 0 Å². The predicted molar refractivity (Wildman–Crippen MR) is 59.4 cm³/mol. The average molecular weight is 249 g/mol. The normalized spacial score (nSPS) is 45.1. The second kappa shape index (κ2) is 4.25. The fourth-order valence-electron chi connectivity index (χ4n) is 3.33. The summed E-state index contributed by atoms with van der Waals surface area (Å²) in [6.45, 7) is 0. The summed E-state index contributed by atoms with van der Waals surface area (Å²) in [6.07, 6.45) is 2.91. The van der Waals surface area contributed by atoms with Crippen LogP contribution in [0.25, 0.3) is 0 Å². The highest BCUT2D eigenvalue weighted by Crippen LogP contribution is 2.42. The largest absolute Gasteiger partial charge is 0.391 e. The lowest BCUT2D eigenvalue weighted by Gasteiger charge is -2.45. The second-order valence-electron chi connectivity index (χ2n) is 5.05. The van der Waals surface area contributed by atoms with Crippen LogP contribution >= 0.6 is 0 Å². The van der Waals surface area contributed by atoms with Gasteiger partial charge in [-0.15, -0.1) is 0 Å². The summed E-state index contributed by atoms with van der Waals surface area (Å²) >= 11 is 0. The fourth-order valence-corrected chi connectivity index (χ4v) is 4.55. The number of hydrogen-bond acceptors (Lipinski definition) is 4. The first-order valence-electron chi connectivity index (χ1n) is 5.81. The van der Waals surface area contributed by atoms with Crippen molar-refractivity contribution in [3.8, 4) is 0 Å². The third-order valence-electron chi connectivity index (χ3n) is 4.15. The third-order valence-corrected chi connectivity index (χ3v) is 5.45. The van der Waals surface area contributed by atoms with Gasteiger partial charge in [-0.3, -0.25) is 4.55 Å². The SMILES string of the molecule is NC1C(O)CC(S(=O)(=O)O)C2CCCCC12. The zero-order valence-corrected chi connectivity index (χ0v) is 9.94. The van der Waals surface area contributed by atoms with Crippen molar-refractivity contribution in [2.24, 2.45) is 17.6 Å². The topological polar surface area (TPSA) is 101 Å². The van der Waals surface area contributed by atoms with E-state index < -0.39 is 21.5 Å². The molecule has 0 radical (unpaired) electrons. The predicted octanol–water partition coefficient (Wildman–Crippen LogP) is 0.141. The van der Waals surface area contributed by atoms with E-state index in [1.54, 1.807) is 0 Å². The molecule has 4 N–H and O–H groups in total. The lowest BCUT2D eigenvalue weighted by molar-refractivity contribution is 0.0271. The summed E-state index contributed by atoms with van der Waals surface area (Å²) < 4.78 is 31.8. The number of aliphatic hydroxyl groups excluding tert-OH is 1. The van der Waals surface area contributed by atoms with Gasteiger partial charge in [-0.2, -0.15) is 8.42 Å². The molecule has 2 fully saturated rings. The summed E-state index contributed by atoms with van der Waals surface area (Å²) in [5.74, 6) is -0.0495. The molecular formula is C10H19NO4S. The monoisotopic (exact) mass is 249 g/mol. The van der Waals surface area contributed by atoms with Crippen LogP contribution in [-0.4, -0.2) is 35.5 Å². The first kappa shape index (κ1) is 12.3.